The summed E-state index contributed by atoms with van der Waals surface area (Å²) >= 11 is 1.78. The maximum absolute atomic E-state index is 11.5. The van der Waals surface area contributed by atoms with Crippen molar-refractivity contribution in [3.8, 4) is 0 Å². The Bertz CT molecular complexity index is 563. The van der Waals surface area contributed by atoms with E-state index < -0.39 is 9.84 Å². The van der Waals surface area contributed by atoms with Gasteiger partial charge in [-0.25, -0.2) is 13.4 Å². The number of sulfone groups is 1. The van der Waals surface area contributed by atoms with Gasteiger partial charge in [-0.05, 0) is 19.8 Å². The molecule has 0 unspecified atom stereocenters. The van der Waals surface area contributed by atoms with Crippen molar-refractivity contribution in [2.75, 3.05) is 37.7 Å². The van der Waals surface area contributed by atoms with E-state index in [1.165, 1.54) is 4.88 Å². The van der Waals surface area contributed by atoms with Crippen LogP contribution in [0, 0.1) is 6.92 Å². The van der Waals surface area contributed by atoms with Gasteiger partial charge in [-0.15, -0.1) is 11.3 Å². The van der Waals surface area contributed by atoms with Crippen LogP contribution >= 0.6 is 11.3 Å². The summed E-state index contributed by atoms with van der Waals surface area (Å²) in [5.41, 5.74) is 0. The normalized spacial score (nSPS) is 25.2. The molecule has 2 aliphatic rings. The summed E-state index contributed by atoms with van der Waals surface area (Å²) in [5, 5.41) is 1.13. The van der Waals surface area contributed by atoms with Gasteiger partial charge < -0.3 is 0 Å². The average molecular weight is 329 g/mol. The highest BCUT2D eigenvalue weighted by Gasteiger charge is 2.29. The molecule has 2 fully saturated rings. The number of likely N-dealkylation sites (tertiary alicyclic amines) is 1. The molecule has 3 heterocycles. The number of aryl methyl sites for hydroxylation is 1. The summed E-state index contributed by atoms with van der Waals surface area (Å²) in [7, 11) is -2.76. The molecule has 2 saturated heterocycles. The lowest BCUT2D eigenvalue weighted by atomic mass is 10.0. The van der Waals surface area contributed by atoms with E-state index in [0.717, 1.165) is 50.6 Å². The number of hydrogen-bond acceptors (Lipinski definition) is 6. The molecule has 21 heavy (non-hydrogen) atoms. The predicted octanol–water partition coefficient (Wildman–Crippen LogP) is 1.15. The predicted molar refractivity (Wildman–Crippen MR) is 85.4 cm³/mol. The van der Waals surface area contributed by atoms with Crippen LogP contribution in [0.3, 0.4) is 0 Å². The number of rotatable bonds is 3. The van der Waals surface area contributed by atoms with Gasteiger partial charge >= 0.3 is 0 Å². The zero-order chi connectivity index (χ0) is 14.9. The lowest BCUT2D eigenvalue weighted by Crippen LogP contribution is -2.50. The summed E-state index contributed by atoms with van der Waals surface area (Å²) in [5.74, 6) is 0.681. The topological polar surface area (TPSA) is 53.5 Å². The van der Waals surface area contributed by atoms with E-state index in [2.05, 4.69) is 14.8 Å². The molecule has 1 aromatic heterocycles. The Morgan fingerprint density at radius 2 is 1.90 bits per heavy atom. The van der Waals surface area contributed by atoms with Crippen molar-refractivity contribution in [2.24, 2.45) is 0 Å². The minimum absolute atomic E-state index is 0.341. The van der Waals surface area contributed by atoms with Gasteiger partial charge in [0.15, 0.2) is 9.84 Å². The second-order valence-electron chi connectivity index (χ2n) is 6.04. The lowest BCUT2D eigenvalue weighted by Gasteiger charge is -2.39. The van der Waals surface area contributed by atoms with Crippen LogP contribution < -0.4 is 0 Å². The van der Waals surface area contributed by atoms with Crippen LogP contribution in [0.1, 0.15) is 22.7 Å². The van der Waals surface area contributed by atoms with E-state index in [-0.39, 0.29) is 0 Å². The van der Waals surface area contributed by atoms with E-state index in [1.807, 2.05) is 13.1 Å². The molecule has 1 aromatic rings. The van der Waals surface area contributed by atoms with Crippen molar-refractivity contribution < 1.29 is 8.42 Å². The molecule has 0 spiro atoms. The fourth-order valence-corrected chi connectivity index (χ4v) is 5.30. The Hall–Kier alpha value is -0.500. The Morgan fingerprint density at radius 3 is 2.48 bits per heavy atom. The third kappa shape index (κ3) is 4.03. The van der Waals surface area contributed by atoms with Gasteiger partial charge in [-0.1, -0.05) is 0 Å². The van der Waals surface area contributed by atoms with Crippen molar-refractivity contribution >= 4 is 21.2 Å². The molecule has 0 N–H and O–H groups in total. The lowest BCUT2D eigenvalue weighted by molar-refractivity contribution is 0.112. The first-order valence-electron chi connectivity index (χ1n) is 7.60. The van der Waals surface area contributed by atoms with Crippen LogP contribution in [-0.2, 0) is 16.4 Å². The van der Waals surface area contributed by atoms with E-state index >= 15 is 0 Å². The molecule has 0 aliphatic carbocycles. The Labute approximate surface area is 130 Å². The molecule has 7 heteroatoms. The fourth-order valence-electron chi connectivity index (χ4n) is 3.23. The molecule has 0 bridgehead atoms. The van der Waals surface area contributed by atoms with Crippen molar-refractivity contribution in [2.45, 2.75) is 32.4 Å². The highest BCUT2D eigenvalue weighted by atomic mass is 32.2. The van der Waals surface area contributed by atoms with Crippen LogP contribution in [0.5, 0.6) is 0 Å². The first-order chi connectivity index (χ1) is 10.0. The SMILES string of the molecule is Cc1ncc(CN2CCC(N3CCS(=O)(=O)CC3)CC2)s1. The molecule has 5 nitrogen and oxygen atoms in total. The summed E-state index contributed by atoms with van der Waals surface area (Å²) in [6.45, 7) is 6.70. The quantitative estimate of drug-likeness (QED) is 0.832. The van der Waals surface area contributed by atoms with Crippen LogP contribution in [-0.4, -0.2) is 66.9 Å². The standard InChI is InChI=1S/C14H23N3O2S2/c1-12-15-10-14(20-12)11-16-4-2-13(3-5-16)17-6-8-21(18,19)9-7-17/h10,13H,2-9,11H2,1H3. The first-order valence-corrected chi connectivity index (χ1v) is 10.2. The Morgan fingerprint density at radius 1 is 1.24 bits per heavy atom. The van der Waals surface area contributed by atoms with Gasteiger partial charge in [-0.3, -0.25) is 9.80 Å². The van der Waals surface area contributed by atoms with Gasteiger partial charge in [-0.2, -0.15) is 0 Å². The Balaban J connectivity index is 1.47. The van der Waals surface area contributed by atoms with Crippen molar-refractivity contribution in [1.82, 2.24) is 14.8 Å². The molecular formula is C14H23N3O2S2. The highest BCUT2D eigenvalue weighted by Crippen LogP contribution is 2.21. The summed E-state index contributed by atoms with van der Waals surface area (Å²) in [6.07, 6.45) is 4.29. The minimum atomic E-state index is -2.76. The Kier molecular flexibility index (Phi) is 4.63. The smallest absolute Gasteiger partial charge is 0.152 e. The second kappa shape index (κ2) is 6.32. The third-order valence-electron chi connectivity index (χ3n) is 4.50. The zero-order valence-electron chi connectivity index (χ0n) is 12.5. The number of thiazole rings is 1. The monoisotopic (exact) mass is 329 g/mol. The van der Waals surface area contributed by atoms with Gasteiger partial charge in [0.25, 0.3) is 0 Å². The van der Waals surface area contributed by atoms with Gasteiger partial charge in [0.2, 0.25) is 0 Å². The van der Waals surface area contributed by atoms with Crippen molar-refractivity contribution in [3.05, 3.63) is 16.1 Å². The maximum atomic E-state index is 11.5. The summed E-state index contributed by atoms with van der Waals surface area (Å²) in [6, 6.07) is 0.569. The number of piperidine rings is 1. The molecular weight excluding hydrogens is 306 g/mol. The van der Waals surface area contributed by atoms with Crippen LogP contribution in [0.15, 0.2) is 6.20 Å². The van der Waals surface area contributed by atoms with Crippen molar-refractivity contribution in [1.29, 1.82) is 0 Å². The largest absolute Gasteiger partial charge is 0.298 e. The molecule has 118 valence electrons. The molecule has 0 amide bonds. The zero-order valence-corrected chi connectivity index (χ0v) is 14.1. The number of aromatic nitrogens is 1. The average Bonchev–Trinajstić information content (AvgIpc) is 2.85. The minimum Gasteiger partial charge on any atom is -0.298 e. The third-order valence-corrected chi connectivity index (χ3v) is 7.01. The van der Waals surface area contributed by atoms with Gasteiger partial charge in [0.05, 0.1) is 16.5 Å². The van der Waals surface area contributed by atoms with Gasteiger partial charge in [0.1, 0.15) is 0 Å². The van der Waals surface area contributed by atoms with E-state index in [0.29, 0.717) is 17.5 Å². The molecule has 0 saturated carbocycles. The van der Waals surface area contributed by atoms with E-state index in [9.17, 15) is 8.42 Å². The summed E-state index contributed by atoms with van der Waals surface area (Å²) in [4.78, 5) is 10.5. The highest BCUT2D eigenvalue weighted by molar-refractivity contribution is 7.91. The molecule has 0 atom stereocenters. The molecule has 2 aliphatic heterocycles. The van der Waals surface area contributed by atoms with Crippen LogP contribution in [0.25, 0.3) is 0 Å². The first kappa shape index (κ1) is 15.4. The molecule has 0 radical (unpaired) electrons. The molecule has 0 aromatic carbocycles. The fraction of sp³-hybridized carbons (Fsp3) is 0.786. The number of hydrogen-bond donors (Lipinski definition) is 0. The second-order valence-corrected chi connectivity index (χ2v) is 9.66. The number of nitrogens with zero attached hydrogens (tertiary/aromatic N) is 3. The van der Waals surface area contributed by atoms with E-state index in [4.69, 9.17) is 0 Å². The van der Waals surface area contributed by atoms with Crippen molar-refractivity contribution in [3.63, 3.8) is 0 Å². The summed E-state index contributed by atoms with van der Waals surface area (Å²) < 4.78 is 23.0. The van der Waals surface area contributed by atoms with Crippen LogP contribution in [0.2, 0.25) is 0 Å². The van der Waals surface area contributed by atoms with Crippen LogP contribution in [0.4, 0.5) is 0 Å². The van der Waals surface area contributed by atoms with E-state index in [1.54, 1.807) is 11.3 Å². The molecule has 3 rings (SSSR count). The maximum Gasteiger partial charge on any atom is 0.152 e. The van der Waals surface area contributed by atoms with Gasteiger partial charge in [0, 0.05) is 49.8 Å².